The van der Waals surface area contributed by atoms with Gasteiger partial charge in [-0.25, -0.2) is 4.98 Å². The average Bonchev–Trinajstić information content (AvgIpc) is 3.12. The first kappa shape index (κ1) is 16.6. The predicted molar refractivity (Wildman–Crippen MR) is 89.4 cm³/mol. The number of likely N-dealkylation sites (tertiary alicyclic amines) is 1. The molecule has 1 fully saturated rings. The molecule has 130 valence electrons. The SMILES string of the molecule is O=C(Nc1ccccc1[N+](=O)[O-])c1nc[nH]c1C(=O)N1CCCCC1. The lowest BCUT2D eigenvalue weighted by molar-refractivity contribution is -0.383. The number of carbonyl (C=O) groups excluding carboxylic acids is 2. The van der Waals surface area contributed by atoms with Crippen molar-refractivity contribution in [1.29, 1.82) is 0 Å². The molecule has 1 aliphatic heterocycles. The highest BCUT2D eigenvalue weighted by Crippen LogP contribution is 2.24. The van der Waals surface area contributed by atoms with Gasteiger partial charge in [0.05, 0.1) is 11.3 Å². The molecule has 2 aromatic rings. The highest BCUT2D eigenvalue weighted by atomic mass is 16.6. The van der Waals surface area contributed by atoms with E-state index in [0.717, 1.165) is 19.3 Å². The second-order valence-corrected chi connectivity index (χ2v) is 5.71. The molecule has 0 radical (unpaired) electrons. The zero-order valence-electron chi connectivity index (χ0n) is 13.4. The van der Waals surface area contributed by atoms with Crippen molar-refractivity contribution >= 4 is 23.2 Å². The highest BCUT2D eigenvalue weighted by Gasteiger charge is 2.26. The fraction of sp³-hybridized carbons (Fsp3) is 0.312. The Bertz CT molecular complexity index is 810. The summed E-state index contributed by atoms with van der Waals surface area (Å²) in [5.74, 6) is -0.958. The minimum Gasteiger partial charge on any atom is -0.340 e. The van der Waals surface area contributed by atoms with Crippen molar-refractivity contribution in [2.45, 2.75) is 19.3 Å². The Morgan fingerprint density at radius 1 is 1.20 bits per heavy atom. The monoisotopic (exact) mass is 343 g/mol. The van der Waals surface area contributed by atoms with E-state index in [4.69, 9.17) is 0 Å². The number of anilines is 1. The molecule has 1 aromatic heterocycles. The van der Waals surface area contributed by atoms with E-state index >= 15 is 0 Å². The van der Waals surface area contributed by atoms with Gasteiger partial charge in [-0.1, -0.05) is 12.1 Å². The second-order valence-electron chi connectivity index (χ2n) is 5.71. The fourth-order valence-electron chi connectivity index (χ4n) is 2.80. The molecule has 0 atom stereocenters. The smallest absolute Gasteiger partial charge is 0.292 e. The van der Waals surface area contributed by atoms with Crippen LogP contribution in [0.1, 0.15) is 40.2 Å². The lowest BCUT2D eigenvalue weighted by Crippen LogP contribution is -2.36. The molecule has 0 spiro atoms. The number of carbonyl (C=O) groups is 2. The molecule has 0 aliphatic carbocycles. The average molecular weight is 343 g/mol. The number of amides is 2. The third-order valence-corrected chi connectivity index (χ3v) is 4.06. The van der Waals surface area contributed by atoms with Crippen LogP contribution in [0.5, 0.6) is 0 Å². The molecule has 3 rings (SSSR count). The minimum absolute atomic E-state index is 0.0527. The van der Waals surface area contributed by atoms with Crippen molar-refractivity contribution in [1.82, 2.24) is 14.9 Å². The molecule has 1 saturated heterocycles. The Balaban J connectivity index is 1.81. The van der Waals surface area contributed by atoms with Gasteiger partial charge in [-0.2, -0.15) is 0 Å². The van der Waals surface area contributed by atoms with E-state index in [1.165, 1.54) is 24.5 Å². The van der Waals surface area contributed by atoms with Crippen LogP contribution in [0.15, 0.2) is 30.6 Å². The van der Waals surface area contributed by atoms with Crippen LogP contribution in [0.25, 0.3) is 0 Å². The number of H-pyrrole nitrogens is 1. The summed E-state index contributed by atoms with van der Waals surface area (Å²) in [6, 6.07) is 5.80. The molecule has 1 aliphatic rings. The number of benzene rings is 1. The zero-order valence-corrected chi connectivity index (χ0v) is 13.4. The summed E-state index contributed by atoms with van der Waals surface area (Å²) in [7, 11) is 0. The number of imidazole rings is 1. The number of hydrogen-bond donors (Lipinski definition) is 2. The van der Waals surface area contributed by atoms with Crippen molar-refractivity contribution in [2.24, 2.45) is 0 Å². The maximum atomic E-state index is 12.6. The molecule has 0 saturated carbocycles. The van der Waals surface area contributed by atoms with Crippen molar-refractivity contribution in [3.8, 4) is 0 Å². The van der Waals surface area contributed by atoms with Gasteiger partial charge in [0.15, 0.2) is 5.69 Å². The van der Waals surface area contributed by atoms with Gasteiger partial charge in [0.25, 0.3) is 17.5 Å². The van der Waals surface area contributed by atoms with Crippen LogP contribution in [-0.4, -0.2) is 44.7 Å². The summed E-state index contributed by atoms with van der Waals surface area (Å²) in [5, 5.41) is 13.5. The van der Waals surface area contributed by atoms with Gasteiger partial charge in [0, 0.05) is 19.2 Å². The van der Waals surface area contributed by atoms with E-state index < -0.39 is 10.8 Å². The third kappa shape index (κ3) is 3.49. The molecule has 2 N–H and O–H groups in total. The Morgan fingerprint density at radius 3 is 2.64 bits per heavy atom. The first-order chi connectivity index (χ1) is 12.1. The van der Waals surface area contributed by atoms with Crippen LogP contribution in [0.2, 0.25) is 0 Å². The quantitative estimate of drug-likeness (QED) is 0.651. The summed E-state index contributed by atoms with van der Waals surface area (Å²) < 4.78 is 0. The molecule has 9 nitrogen and oxygen atoms in total. The summed E-state index contributed by atoms with van der Waals surface area (Å²) in [6.45, 7) is 1.28. The maximum absolute atomic E-state index is 12.6. The standard InChI is InChI=1S/C16H17N5O4/c22-15(19-11-6-2-3-7-12(11)21(24)25)13-14(18-10-17-13)16(23)20-8-4-1-5-9-20/h2-3,6-7,10H,1,4-5,8-9H2,(H,17,18)(H,19,22). The number of nitro benzene ring substituents is 1. The summed E-state index contributed by atoms with van der Waals surface area (Å²) in [4.78, 5) is 43.8. The molecule has 0 unspecified atom stereocenters. The lowest BCUT2D eigenvalue weighted by atomic mass is 10.1. The highest BCUT2D eigenvalue weighted by molar-refractivity contribution is 6.10. The number of aromatic nitrogens is 2. The van der Waals surface area contributed by atoms with E-state index in [2.05, 4.69) is 15.3 Å². The van der Waals surface area contributed by atoms with Crippen LogP contribution in [-0.2, 0) is 0 Å². The first-order valence-corrected chi connectivity index (χ1v) is 7.95. The number of aromatic amines is 1. The number of rotatable bonds is 4. The molecule has 2 heterocycles. The fourth-order valence-corrected chi connectivity index (χ4v) is 2.80. The van der Waals surface area contributed by atoms with E-state index in [1.807, 2.05) is 0 Å². The number of nitrogens with zero attached hydrogens (tertiary/aromatic N) is 3. The predicted octanol–water partition coefficient (Wildman–Crippen LogP) is 2.20. The molecule has 25 heavy (non-hydrogen) atoms. The largest absolute Gasteiger partial charge is 0.340 e. The number of piperidine rings is 1. The minimum atomic E-state index is -0.670. The molecule has 9 heteroatoms. The van der Waals surface area contributed by atoms with Crippen LogP contribution >= 0.6 is 0 Å². The molecule has 1 aromatic carbocycles. The summed E-state index contributed by atoms with van der Waals surface area (Å²) in [6.07, 6.45) is 4.21. The Morgan fingerprint density at radius 2 is 1.92 bits per heavy atom. The van der Waals surface area contributed by atoms with Gasteiger partial charge in [0.1, 0.15) is 11.4 Å². The van der Waals surface area contributed by atoms with Crippen LogP contribution in [0.4, 0.5) is 11.4 Å². The second kappa shape index (κ2) is 7.12. The van der Waals surface area contributed by atoms with Gasteiger partial charge in [-0.05, 0) is 25.3 Å². The third-order valence-electron chi connectivity index (χ3n) is 4.06. The van der Waals surface area contributed by atoms with Gasteiger partial charge >= 0.3 is 0 Å². The number of para-hydroxylation sites is 2. The molecule has 0 bridgehead atoms. The lowest BCUT2D eigenvalue weighted by Gasteiger charge is -2.26. The summed E-state index contributed by atoms with van der Waals surface area (Å²) in [5.41, 5.74) is -0.154. The van der Waals surface area contributed by atoms with Crippen LogP contribution in [0.3, 0.4) is 0 Å². The van der Waals surface area contributed by atoms with Crippen LogP contribution < -0.4 is 5.32 Å². The molecule has 2 amide bonds. The van der Waals surface area contributed by atoms with E-state index in [0.29, 0.717) is 13.1 Å². The molecular weight excluding hydrogens is 326 g/mol. The number of nitrogens with one attached hydrogen (secondary N) is 2. The van der Waals surface area contributed by atoms with Gasteiger partial charge in [-0.15, -0.1) is 0 Å². The first-order valence-electron chi connectivity index (χ1n) is 7.95. The van der Waals surface area contributed by atoms with E-state index in [1.54, 1.807) is 11.0 Å². The Hall–Kier alpha value is -3.23. The van der Waals surface area contributed by atoms with Gasteiger partial charge in [-0.3, -0.25) is 19.7 Å². The van der Waals surface area contributed by atoms with Crippen molar-refractivity contribution in [2.75, 3.05) is 18.4 Å². The maximum Gasteiger partial charge on any atom is 0.292 e. The normalized spacial score (nSPS) is 14.2. The summed E-state index contributed by atoms with van der Waals surface area (Å²) >= 11 is 0. The van der Waals surface area contributed by atoms with E-state index in [9.17, 15) is 19.7 Å². The molecular formula is C16H17N5O4. The number of hydrogen-bond acceptors (Lipinski definition) is 5. The van der Waals surface area contributed by atoms with Gasteiger partial charge < -0.3 is 15.2 Å². The van der Waals surface area contributed by atoms with E-state index in [-0.39, 0.29) is 28.7 Å². The Kier molecular flexibility index (Phi) is 4.73. The van der Waals surface area contributed by atoms with Crippen molar-refractivity contribution in [3.63, 3.8) is 0 Å². The zero-order chi connectivity index (χ0) is 17.8. The number of nitro groups is 1. The topological polar surface area (TPSA) is 121 Å². The Labute approximate surface area is 143 Å². The van der Waals surface area contributed by atoms with Crippen molar-refractivity contribution in [3.05, 3.63) is 52.1 Å². The van der Waals surface area contributed by atoms with Gasteiger partial charge in [0.2, 0.25) is 0 Å². The van der Waals surface area contributed by atoms with Crippen molar-refractivity contribution < 1.29 is 14.5 Å². The van der Waals surface area contributed by atoms with Crippen LogP contribution in [0, 0.1) is 10.1 Å².